The maximum atomic E-state index is 10.7. The molecule has 0 saturated carbocycles. The molecule has 2 aliphatic heterocycles. The minimum Gasteiger partial charge on any atom is -0.410 e. The number of oxime groups is 1. The summed E-state index contributed by atoms with van der Waals surface area (Å²) < 4.78 is 57.5. The van der Waals surface area contributed by atoms with Gasteiger partial charge in [-0.3, -0.25) is 9.55 Å². The Hall–Kier alpha value is -2.14. The van der Waals surface area contributed by atoms with Gasteiger partial charge in [0, 0.05) is 25.2 Å². The van der Waals surface area contributed by atoms with Gasteiger partial charge < -0.3 is 10.1 Å². The second kappa shape index (κ2) is 7.40. The predicted octanol–water partition coefficient (Wildman–Crippen LogP) is 1.92. The first-order valence-electron chi connectivity index (χ1n) is 7.29. The summed E-state index contributed by atoms with van der Waals surface area (Å²) in [6.45, 7) is 2.79. The highest BCUT2D eigenvalue weighted by molar-refractivity contribution is 7.86. The molecule has 1 aromatic carbocycles. The summed E-state index contributed by atoms with van der Waals surface area (Å²) in [5, 5.41) is 12.8. The second-order valence-corrected chi connectivity index (χ2v) is 6.74. The van der Waals surface area contributed by atoms with Crippen molar-refractivity contribution in [1.82, 2.24) is 4.90 Å². The van der Waals surface area contributed by atoms with E-state index < -0.39 is 15.6 Å². The fraction of sp³-hybridized carbons (Fsp3) is 0.429. The smallest absolute Gasteiger partial charge is 0.410 e. The van der Waals surface area contributed by atoms with Gasteiger partial charge in [0.05, 0.1) is 0 Å². The van der Waals surface area contributed by atoms with E-state index in [1.807, 2.05) is 18.2 Å². The predicted molar refractivity (Wildman–Crippen MR) is 84.6 cm³/mol. The Kier molecular flexibility index (Phi) is 5.68. The normalized spacial score (nSPS) is 19.1. The van der Waals surface area contributed by atoms with Crippen molar-refractivity contribution in [3.05, 3.63) is 35.4 Å². The van der Waals surface area contributed by atoms with Crippen LogP contribution in [0.5, 0.6) is 0 Å². The number of halogens is 3. The molecule has 3 rings (SSSR count). The van der Waals surface area contributed by atoms with E-state index in [0.717, 1.165) is 43.9 Å². The van der Waals surface area contributed by atoms with Crippen LogP contribution in [-0.4, -0.2) is 59.8 Å². The second-order valence-electron chi connectivity index (χ2n) is 5.32. The van der Waals surface area contributed by atoms with Gasteiger partial charge in [0.15, 0.2) is 11.5 Å². The largest absolute Gasteiger partial charge is 0.522 e. The molecule has 11 heteroatoms. The van der Waals surface area contributed by atoms with Gasteiger partial charge >= 0.3 is 15.6 Å². The number of amidine groups is 1. The molecule has 0 spiro atoms. The molecule has 138 valence electrons. The molecular weight excluding hydrogens is 363 g/mol. The fourth-order valence-corrected chi connectivity index (χ4v) is 2.54. The van der Waals surface area contributed by atoms with Crippen LogP contribution in [0.4, 0.5) is 13.2 Å². The van der Waals surface area contributed by atoms with Gasteiger partial charge in [0.25, 0.3) is 0 Å². The van der Waals surface area contributed by atoms with Gasteiger partial charge in [-0.1, -0.05) is 29.4 Å². The summed E-state index contributed by atoms with van der Waals surface area (Å²) in [4.78, 5) is 6.74. The summed E-state index contributed by atoms with van der Waals surface area (Å²) in [5.41, 5.74) is -2.67. The van der Waals surface area contributed by atoms with E-state index in [9.17, 15) is 18.4 Å². The lowest BCUT2D eigenvalue weighted by Gasteiger charge is -2.27. The minimum absolute atomic E-state index is 0.623. The summed E-state index contributed by atoms with van der Waals surface area (Å²) >= 11 is 0. The zero-order valence-electron chi connectivity index (χ0n) is 12.9. The van der Waals surface area contributed by atoms with Crippen molar-refractivity contribution in [2.24, 2.45) is 10.1 Å². The lowest BCUT2D eigenvalue weighted by molar-refractivity contribution is -0.0510. The van der Waals surface area contributed by atoms with Crippen LogP contribution in [0.2, 0.25) is 0 Å². The zero-order chi connectivity index (χ0) is 18.7. The molecule has 7 nitrogen and oxygen atoms in total. The highest BCUT2D eigenvalue weighted by Crippen LogP contribution is 2.21. The Labute approximate surface area is 142 Å². The molecule has 0 aliphatic carbocycles. The number of hydrogen-bond acceptors (Lipinski definition) is 6. The van der Waals surface area contributed by atoms with Crippen LogP contribution in [0.3, 0.4) is 0 Å². The van der Waals surface area contributed by atoms with Gasteiger partial charge in [0.1, 0.15) is 0 Å². The standard InChI is InChI=1S/C13H15N3O.CHF3O3S/c17-15-12-11-5-2-1-4-10(11)6-9-16-8-3-7-14-13(12)16;2-1(3,4)8(5,6)7/h1-2,4-5,17H,3,6-9H2;(H,5,6,7)/b15-12+;. The van der Waals surface area contributed by atoms with Gasteiger partial charge in [0.2, 0.25) is 0 Å². The molecule has 0 amide bonds. The molecule has 2 heterocycles. The number of fused-ring (bicyclic) bond motifs is 2. The van der Waals surface area contributed by atoms with E-state index in [2.05, 4.69) is 21.1 Å². The maximum absolute atomic E-state index is 10.7. The van der Waals surface area contributed by atoms with Crippen LogP contribution in [0.1, 0.15) is 17.5 Å². The molecule has 1 aromatic rings. The van der Waals surface area contributed by atoms with Gasteiger partial charge in [-0.2, -0.15) is 21.6 Å². The van der Waals surface area contributed by atoms with Crippen molar-refractivity contribution in [3.8, 4) is 0 Å². The monoisotopic (exact) mass is 379 g/mol. The third-order valence-electron chi connectivity index (χ3n) is 3.68. The Balaban J connectivity index is 0.000000242. The molecule has 0 atom stereocenters. The number of alkyl halides is 3. The van der Waals surface area contributed by atoms with Crippen LogP contribution in [0.25, 0.3) is 0 Å². The van der Waals surface area contributed by atoms with Crippen LogP contribution in [0.15, 0.2) is 34.4 Å². The third kappa shape index (κ3) is 4.48. The van der Waals surface area contributed by atoms with E-state index >= 15 is 0 Å². The number of aliphatic imine (C=N–C) groups is 1. The fourth-order valence-electron chi connectivity index (χ4n) is 2.54. The molecule has 0 bridgehead atoms. The Morgan fingerprint density at radius 3 is 2.44 bits per heavy atom. The van der Waals surface area contributed by atoms with Crippen molar-refractivity contribution in [2.45, 2.75) is 18.3 Å². The summed E-state index contributed by atoms with van der Waals surface area (Å²) in [6, 6.07) is 8.10. The molecule has 0 radical (unpaired) electrons. The molecule has 25 heavy (non-hydrogen) atoms. The van der Waals surface area contributed by atoms with E-state index in [1.54, 1.807) is 0 Å². The average molecular weight is 379 g/mol. The first kappa shape index (κ1) is 19.2. The molecular formula is C14H16F3N3O4S. The number of nitrogens with zero attached hydrogens (tertiary/aromatic N) is 3. The van der Waals surface area contributed by atoms with Crippen molar-refractivity contribution >= 4 is 21.7 Å². The lowest BCUT2D eigenvalue weighted by Crippen LogP contribution is -2.40. The van der Waals surface area contributed by atoms with Crippen LogP contribution < -0.4 is 0 Å². The van der Waals surface area contributed by atoms with Crippen LogP contribution in [0, 0.1) is 0 Å². The Bertz CT molecular complexity index is 791. The Morgan fingerprint density at radius 1 is 1.20 bits per heavy atom. The Morgan fingerprint density at radius 2 is 1.84 bits per heavy atom. The van der Waals surface area contributed by atoms with E-state index in [4.69, 9.17) is 13.0 Å². The van der Waals surface area contributed by atoms with E-state index in [0.29, 0.717) is 5.71 Å². The SMILES string of the molecule is O/N=C1/C2=NCCCN2CCc2ccccc21.O=S(=O)(O)C(F)(F)F. The first-order valence-corrected chi connectivity index (χ1v) is 8.73. The molecule has 0 aromatic heterocycles. The molecule has 2 N–H and O–H groups in total. The summed E-state index contributed by atoms with van der Waals surface area (Å²) in [7, 11) is -5.84. The van der Waals surface area contributed by atoms with Crippen molar-refractivity contribution in [1.29, 1.82) is 0 Å². The van der Waals surface area contributed by atoms with Gasteiger partial charge in [-0.05, 0) is 18.4 Å². The minimum atomic E-state index is -5.84. The van der Waals surface area contributed by atoms with E-state index in [-0.39, 0.29) is 0 Å². The van der Waals surface area contributed by atoms with Crippen molar-refractivity contribution in [3.63, 3.8) is 0 Å². The quantitative estimate of drug-likeness (QED) is 0.310. The third-order valence-corrected chi connectivity index (χ3v) is 4.26. The van der Waals surface area contributed by atoms with Gasteiger partial charge in [-0.25, -0.2) is 0 Å². The molecule has 2 aliphatic rings. The highest BCUT2D eigenvalue weighted by atomic mass is 32.2. The van der Waals surface area contributed by atoms with Crippen molar-refractivity contribution < 1.29 is 31.3 Å². The molecule has 0 fully saturated rings. The molecule has 0 unspecified atom stereocenters. The first-order chi connectivity index (χ1) is 11.6. The maximum Gasteiger partial charge on any atom is 0.522 e. The number of benzene rings is 1. The number of rotatable bonds is 0. The average Bonchev–Trinajstić information content (AvgIpc) is 2.70. The van der Waals surface area contributed by atoms with E-state index in [1.165, 1.54) is 5.56 Å². The topological polar surface area (TPSA) is 103 Å². The zero-order valence-corrected chi connectivity index (χ0v) is 13.8. The van der Waals surface area contributed by atoms with Crippen LogP contribution in [-0.2, 0) is 16.5 Å². The highest BCUT2D eigenvalue weighted by Gasteiger charge is 2.44. The lowest BCUT2D eigenvalue weighted by atomic mass is 10.0. The molecule has 0 saturated heterocycles. The van der Waals surface area contributed by atoms with Gasteiger partial charge in [-0.15, -0.1) is 0 Å². The number of hydrogen-bond donors (Lipinski definition) is 2. The van der Waals surface area contributed by atoms with Crippen LogP contribution >= 0.6 is 0 Å². The summed E-state index contributed by atoms with van der Waals surface area (Å²) in [5.74, 6) is 0.851. The van der Waals surface area contributed by atoms with Crippen molar-refractivity contribution in [2.75, 3.05) is 19.6 Å². The summed E-state index contributed by atoms with van der Waals surface area (Å²) in [6.07, 6.45) is 2.06.